The highest BCUT2D eigenvalue weighted by atomic mass is 79.9. The van der Waals surface area contributed by atoms with E-state index in [0.29, 0.717) is 5.02 Å². The van der Waals surface area contributed by atoms with E-state index in [0.717, 1.165) is 28.1 Å². The summed E-state index contributed by atoms with van der Waals surface area (Å²) in [4.78, 5) is 0. The highest BCUT2D eigenvalue weighted by Gasteiger charge is 2.07. The number of hydrogen-bond acceptors (Lipinski definition) is 2. The van der Waals surface area contributed by atoms with Crippen LogP contribution in [0.15, 0.2) is 22.7 Å². The third-order valence-corrected chi connectivity index (χ3v) is 3.47. The quantitative estimate of drug-likeness (QED) is 0.897. The number of nitrogens with one attached hydrogen (secondary N) is 2. The third kappa shape index (κ3) is 2.82. The van der Waals surface area contributed by atoms with E-state index in [1.807, 2.05) is 32.0 Å². The summed E-state index contributed by atoms with van der Waals surface area (Å²) in [6, 6.07) is 5.79. The van der Waals surface area contributed by atoms with Gasteiger partial charge in [-0.05, 0) is 32.0 Å². The number of nitrogens with zero attached hydrogens (tertiary/aromatic N) is 1. The summed E-state index contributed by atoms with van der Waals surface area (Å²) in [6.07, 6.45) is 0. The molecule has 1 heterocycles. The minimum Gasteiger partial charge on any atom is -0.380 e. The molecule has 0 aliphatic rings. The largest absolute Gasteiger partial charge is 0.380 e. The van der Waals surface area contributed by atoms with Crippen LogP contribution < -0.4 is 5.32 Å². The van der Waals surface area contributed by atoms with E-state index in [1.54, 1.807) is 0 Å². The van der Waals surface area contributed by atoms with Gasteiger partial charge in [-0.25, -0.2) is 0 Å². The molecule has 2 rings (SSSR count). The first-order valence-electron chi connectivity index (χ1n) is 5.27. The van der Waals surface area contributed by atoms with Crippen LogP contribution in [-0.2, 0) is 6.54 Å². The molecule has 0 radical (unpaired) electrons. The van der Waals surface area contributed by atoms with Crippen molar-refractivity contribution in [2.45, 2.75) is 20.4 Å². The average molecular weight is 315 g/mol. The van der Waals surface area contributed by atoms with Gasteiger partial charge in [0.05, 0.1) is 16.4 Å². The highest BCUT2D eigenvalue weighted by Crippen LogP contribution is 2.26. The van der Waals surface area contributed by atoms with E-state index in [1.165, 1.54) is 5.56 Å². The molecule has 3 nitrogen and oxygen atoms in total. The van der Waals surface area contributed by atoms with Crippen LogP contribution in [0.1, 0.15) is 17.0 Å². The van der Waals surface area contributed by atoms with Crippen LogP contribution >= 0.6 is 27.5 Å². The van der Waals surface area contributed by atoms with Crippen molar-refractivity contribution in [3.8, 4) is 0 Å². The predicted octanol–water partition coefficient (Wildman–Crippen LogP) is 4.05. The van der Waals surface area contributed by atoms with Crippen molar-refractivity contribution >= 4 is 33.2 Å². The second-order valence-corrected chi connectivity index (χ2v) is 5.21. The van der Waals surface area contributed by atoms with Crippen molar-refractivity contribution in [2.24, 2.45) is 0 Å². The molecule has 0 bridgehead atoms. The molecular formula is C12H13BrClN3. The zero-order valence-corrected chi connectivity index (χ0v) is 12.0. The number of halogens is 2. The van der Waals surface area contributed by atoms with Crippen molar-refractivity contribution in [2.75, 3.05) is 5.32 Å². The molecule has 17 heavy (non-hydrogen) atoms. The number of hydrogen-bond donors (Lipinski definition) is 2. The molecule has 0 fully saturated rings. The summed E-state index contributed by atoms with van der Waals surface area (Å²) in [6.45, 7) is 4.72. The van der Waals surface area contributed by atoms with Crippen molar-refractivity contribution in [1.29, 1.82) is 0 Å². The number of benzene rings is 1. The summed E-state index contributed by atoms with van der Waals surface area (Å²) in [5.41, 5.74) is 4.21. The minimum absolute atomic E-state index is 0.707. The van der Waals surface area contributed by atoms with Crippen LogP contribution in [-0.4, -0.2) is 10.2 Å². The Morgan fingerprint density at radius 3 is 2.76 bits per heavy atom. The van der Waals surface area contributed by atoms with Crippen molar-refractivity contribution in [3.05, 3.63) is 44.6 Å². The van der Waals surface area contributed by atoms with E-state index in [9.17, 15) is 0 Å². The molecule has 0 aliphatic carbocycles. The molecular weight excluding hydrogens is 302 g/mol. The van der Waals surface area contributed by atoms with Gasteiger partial charge in [0.15, 0.2) is 0 Å². The van der Waals surface area contributed by atoms with E-state index >= 15 is 0 Å². The van der Waals surface area contributed by atoms with Crippen LogP contribution in [0, 0.1) is 13.8 Å². The molecule has 2 aromatic rings. The van der Waals surface area contributed by atoms with Gasteiger partial charge < -0.3 is 5.32 Å². The Kier molecular flexibility index (Phi) is 3.74. The van der Waals surface area contributed by atoms with Gasteiger partial charge in [0.2, 0.25) is 0 Å². The van der Waals surface area contributed by atoms with Gasteiger partial charge in [-0.15, -0.1) is 0 Å². The fraction of sp³-hybridized carbons (Fsp3) is 0.250. The Morgan fingerprint density at radius 1 is 1.41 bits per heavy atom. The van der Waals surface area contributed by atoms with Crippen molar-refractivity contribution in [1.82, 2.24) is 10.2 Å². The van der Waals surface area contributed by atoms with Gasteiger partial charge in [0.25, 0.3) is 0 Å². The number of aryl methyl sites for hydroxylation is 2. The molecule has 0 aliphatic heterocycles. The molecule has 0 spiro atoms. The van der Waals surface area contributed by atoms with Gasteiger partial charge in [-0.2, -0.15) is 5.10 Å². The number of rotatable bonds is 3. The maximum atomic E-state index is 6.13. The summed E-state index contributed by atoms with van der Waals surface area (Å²) in [5, 5.41) is 11.1. The lowest BCUT2D eigenvalue weighted by Crippen LogP contribution is -2.01. The summed E-state index contributed by atoms with van der Waals surface area (Å²) in [7, 11) is 0. The molecule has 1 aromatic carbocycles. The number of H-pyrrole nitrogens is 1. The predicted molar refractivity (Wildman–Crippen MR) is 74.5 cm³/mol. The number of aromatic amines is 1. The van der Waals surface area contributed by atoms with Crippen LogP contribution in [0.2, 0.25) is 5.02 Å². The van der Waals surface area contributed by atoms with E-state index in [-0.39, 0.29) is 0 Å². The SMILES string of the molecule is Cc1n[nH]c(C)c1CNc1ccc(Br)cc1Cl. The lowest BCUT2D eigenvalue weighted by atomic mass is 10.2. The molecule has 2 N–H and O–H groups in total. The fourth-order valence-electron chi connectivity index (χ4n) is 1.65. The third-order valence-electron chi connectivity index (χ3n) is 2.67. The Bertz CT molecular complexity index is 517. The second-order valence-electron chi connectivity index (χ2n) is 3.89. The van der Waals surface area contributed by atoms with E-state index in [2.05, 4.69) is 31.4 Å². The molecule has 0 saturated carbocycles. The van der Waals surface area contributed by atoms with Gasteiger partial charge in [0.1, 0.15) is 0 Å². The summed E-state index contributed by atoms with van der Waals surface area (Å²) in [5.74, 6) is 0. The average Bonchev–Trinajstić information content (AvgIpc) is 2.58. The van der Waals surface area contributed by atoms with Gasteiger partial charge in [0, 0.05) is 22.3 Å². The van der Waals surface area contributed by atoms with Gasteiger partial charge in [-0.3, -0.25) is 5.10 Å². The molecule has 0 unspecified atom stereocenters. The van der Waals surface area contributed by atoms with Crippen LogP contribution in [0.4, 0.5) is 5.69 Å². The Labute approximate surface area is 114 Å². The zero-order valence-electron chi connectivity index (χ0n) is 9.64. The molecule has 0 atom stereocenters. The standard InChI is InChI=1S/C12H13BrClN3/c1-7-10(8(2)17-16-7)6-15-12-4-3-9(13)5-11(12)14/h3-5,15H,6H2,1-2H3,(H,16,17). The van der Waals surface area contributed by atoms with Crippen LogP contribution in [0.5, 0.6) is 0 Å². The Hall–Kier alpha value is -1.000. The van der Waals surface area contributed by atoms with Crippen LogP contribution in [0.3, 0.4) is 0 Å². The van der Waals surface area contributed by atoms with Gasteiger partial charge >= 0.3 is 0 Å². The van der Waals surface area contributed by atoms with Crippen molar-refractivity contribution in [3.63, 3.8) is 0 Å². The molecule has 5 heteroatoms. The summed E-state index contributed by atoms with van der Waals surface area (Å²) < 4.78 is 0.976. The lowest BCUT2D eigenvalue weighted by molar-refractivity contribution is 1.02. The lowest BCUT2D eigenvalue weighted by Gasteiger charge is -2.08. The monoisotopic (exact) mass is 313 g/mol. The maximum absolute atomic E-state index is 6.13. The van der Waals surface area contributed by atoms with Crippen LogP contribution in [0.25, 0.3) is 0 Å². The zero-order chi connectivity index (χ0) is 12.4. The Balaban J connectivity index is 2.13. The van der Waals surface area contributed by atoms with E-state index in [4.69, 9.17) is 11.6 Å². The first kappa shape index (κ1) is 12.5. The molecule has 90 valence electrons. The molecule has 1 aromatic heterocycles. The first-order chi connectivity index (χ1) is 8.08. The van der Waals surface area contributed by atoms with E-state index < -0.39 is 0 Å². The van der Waals surface area contributed by atoms with Crippen molar-refractivity contribution < 1.29 is 0 Å². The van der Waals surface area contributed by atoms with Gasteiger partial charge in [-0.1, -0.05) is 27.5 Å². The normalized spacial score (nSPS) is 10.6. The highest BCUT2D eigenvalue weighted by molar-refractivity contribution is 9.10. The second kappa shape index (κ2) is 5.10. The molecule has 0 saturated heterocycles. The number of aromatic nitrogens is 2. The smallest absolute Gasteiger partial charge is 0.0648 e. The Morgan fingerprint density at radius 2 is 2.18 bits per heavy atom. The minimum atomic E-state index is 0.707. The topological polar surface area (TPSA) is 40.7 Å². The number of anilines is 1. The maximum Gasteiger partial charge on any atom is 0.0648 e. The fourth-order valence-corrected chi connectivity index (χ4v) is 2.39. The first-order valence-corrected chi connectivity index (χ1v) is 6.44. The molecule has 0 amide bonds. The summed E-state index contributed by atoms with van der Waals surface area (Å²) >= 11 is 9.52.